The number of amides is 2. The van der Waals surface area contributed by atoms with Gasteiger partial charge < -0.3 is 4.74 Å². The van der Waals surface area contributed by atoms with E-state index in [9.17, 15) is 9.59 Å². The van der Waals surface area contributed by atoms with E-state index in [2.05, 4.69) is 0 Å². The van der Waals surface area contributed by atoms with Crippen LogP contribution >= 0.6 is 23.4 Å². The van der Waals surface area contributed by atoms with Crippen LogP contribution in [0, 0.1) is 0 Å². The van der Waals surface area contributed by atoms with Gasteiger partial charge in [-0.1, -0.05) is 65.8 Å². The molecule has 0 bridgehead atoms. The maximum atomic E-state index is 13.3. The summed E-state index contributed by atoms with van der Waals surface area (Å²) >= 11 is 7.29. The summed E-state index contributed by atoms with van der Waals surface area (Å²) in [6.45, 7) is 0.311. The number of ether oxygens (including phenoxy) is 1. The minimum atomic E-state index is -0.266. The van der Waals surface area contributed by atoms with Gasteiger partial charge in [-0.3, -0.25) is 14.5 Å². The van der Waals surface area contributed by atoms with Gasteiger partial charge in [0.15, 0.2) is 0 Å². The van der Waals surface area contributed by atoms with E-state index in [1.165, 1.54) is 16.7 Å². The Hall–Kier alpha value is -3.02. The van der Waals surface area contributed by atoms with E-state index in [1.54, 1.807) is 19.2 Å². The van der Waals surface area contributed by atoms with Gasteiger partial charge in [-0.05, 0) is 53.9 Å². The van der Waals surface area contributed by atoms with Crippen molar-refractivity contribution in [3.05, 3.63) is 99.9 Å². The third-order valence-corrected chi connectivity index (χ3v) is 6.35. The molecule has 0 aliphatic carbocycles. The molecule has 0 fully saturated rings. The van der Waals surface area contributed by atoms with Crippen LogP contribution in [0.4, 0.5) is 0 Å². The van der Waals surface area contributed by atoms with Crippen molar-refractivity contribution in [2.75, 3.05) is 13.7 Å². The zero-order valence-electron chi connectivity index (χ0n) is 16.9. The first-order chi connectivity index (χ1) is 15.1. The molecular weight excluding hydrogens is 430 g/mol. The lowest BCUT2D eigenvalue weighted by Gasteiger charge is -2.15. The Morgan fingerprint density at radius 2 is 1.55 bits per heavy atom. The van der Waals surface area contributed by atoms with E-state index in [1.807, 2.05) is 66.7 Å². The van der Waals surface area contributed by atoms with Crippen molar-refractivity contribution in [2.24, 2.45) is 0 Å². The Kier molecular flexibility index (Phi) is 6.44. The van der Waals surface area contributed by atoms with Crippen molar-refractivity contribution in [2.45, 2.75) is 11.3 Å². The molecule has 1 aliphatic rings. The summed E-state index contributed by atoms with van der Waals surface area (Å²) in [5, 5.41) is 0.622. The standard InChI is InChI=1S/C25H20ClNO3S/c1-30-20-11-7-17(8-12-20)15-16-27-24(28)22(18-5-3-2-4-6-18)23(25(27)29)31-21-13-9-19(26)10-14-21/h2-14H,15-16H2,1H3. The van der Waals surface area contributed by atoms with Gasteiger partial charge in [0.2, 0.25) is 0 Å². The minimum Gasteiger partial charge on any atom is -0.497 e. The van der Waals surface area contributed by atoms with Gasteiger partial charge in [0.25, 0.3) is 11.8 Å². The van der Waals surface area contributed by atoms with Crippen LogP contribution in [0.15, 0.2) is 88.7 Å². The predicted molar refractivity (Wildman–Crippen MR) is 124 cm³/mol. The average Bonchev–Trinajstić information content (AvgIpc) is 3.03. The Labute approximate surface area is 190 Å². The molecule has 4 rings (SSSR count). The van der Waals surface area contributed by atoms with Crippen LogP contribution in [0.2, 0.25) is 5.02 Å². The number of thioether (sulfide) groups is 1. The number of carbonyl (C=O) groups excluding carboxylic acids is 2. The number of imide groups is 1. The first-order valence-electron chi connectivity index (χ1n) is 9.79. The van der Waals surface area contributed by atoms with E-state index < -0.39 is 0 Å². The summed E-state index contributed by atoms with van der Waals surface area (Å²) in [5.41, 5.74) is 2.21. The number of rotatable bonds is 7. The SMILES string of the molecule is COc1ccc(CCN2C(=O)C(Sc3ccc(Cl)cc3)=C(c3ccccc3)C2=O)cc1. The Morgan fingerprint density at radius 3 is 2.19 bits per heavy atom. The maximum absolute atomic E-state index is 13.3. The molecule has 0 atom stereocenters. The van der Waals surface area contributed by atoms with Gasteiger partial charge >= 0.3 is 0 Å². The van der Waals surface area contributed by atoms with Crippen LogP contribution in [0.25, 0.3) is 5.57 Å². The summed E-state index contributed by atoms with van der Waals surface area (Å²) in [6.07, 6.45) is 0.572. The van der Waals surface area contributed by atoms with E-state index in [0.29, 0.717) is 28.5 Å². The second kappa shape index (κ2) is 9.41. The fourth-order valence-electron chi connectivity index (χ4n) is 3.36. The number of halogens is 1. The van der Waals surface area contributed by atoms with Crippen molar-refractivity contribution in [3.8, 4) is 5.75 Å². The van der Waals surface area contributed by atoms with Gasteiger partial charge in [-0.2, -0.15) is 0 Å². The van der Waals surface area contributed by atoms with Crippen molar-refractivity contribution in [1.29, 1.82) is 0 Å². The molecule has 4 nitrogen and oxygen atoms in total. The molecule has 0 radical (unpaired) electrons. The number of benzene rings is 3. The number of methoxy groups -OCH3 is 1. The topological polar surface area (TPSA) is 46.6 Å². The molecule has 3 aromatic carbocycles. The second-order valence-corrected chi connectivity index (χ2v) is 8.51. The largest absolute Gasteiger partial charge is 0.497 e. The Balaban J connectivity index is 1.60. The number of nitrogens with zero attached hydrogens (tertiary/aromatic N) is 1. The van der Waals surface area contributed by atoms with Crippen molar-refractivity contribution in [1.82, 2.24) is 4.90 Å². The van der Waals surface area contributed by atoms with Crippen LogP contribution in [0.1, 0.15) is 11.1 Å². The van der Waals surface area contributed by atoms with Crippen LogP contribution in [-0.4, -0.2) is 30.4 Å². The summed E-state index contributed by atoms with van der Waals surface area (Å²) in [4.78, 5) is 29.2. The Morgan fingerprint density at radius 1 is 0.871 bits per heavy atom. The summed E-state index contributed by atoms with van der Waals surface area (Å²) < 4.78 is 5.19. The number of hydrogen-bond acceptors (Lipinski definition) is 4. The van der Waals surface area contributed by atoms with Gasteiger partial charge in [-0.25, -0.2) is 0 Å². The minimum absolute atomic E-state index is 0.263. The molecule has 0 saturated heterocycles. The van der Waals surface area contributed by atoms with Crippen LogP contribution in [0.3, 0.4) is 0 Å². The monoisotopic (exact) mass is 449 g/mol. The van der Waals surface area contributed by atoms with E-state index in [-0.39, 0.29) is 11.8 Å². The van der Waals surface area contributed by atoms with Crippen molar-refractivity contribution in [3.63, 3.8) is 0 Å². The van der Waals surface area contributed by atoms with E-state index >= 15 is 0 Å². The van der Waals surface area contributed by atoms with Gasteiger partial charge in [0.1, 0.15) is 5.75 Å². The molecule has 0 unspecified atom stereocenters. The maximum Gasteiger partial charge on any atom is 0.268 e. The lowest BCUT2D eigenvalue weighted by molar-refractivity contribution is -0.136. The zero-order valence-corrected chi connectivity index (χ0v) is 18.5. The third-order valence-electron chi connectivity index (χ3n) is 5.00. The highest BCUT2D eigenvalue weighted by atomic mass is 35.5. The lowest BCUT2D eigenvalue weighted by atomic mass is 10.1. The van der Waals surface area contributed by atoms with Crippen LogP contribution < -0.4 is 4.74 Å². The van der Waals surface area contributed by atoms with E-state index in [4.69, 9.17) is 16.3 Å². The molecular formula is C25H20ClNO3S. The first kappa shape index (κ1) is 21.2. The van der Waals surface area contributed by atoms with Crippen LogP contribution in [-0.2, 0) is 16.0 Å². The third kappa shape index (κ3) is 4.68. The van der Waals surface area contributed by atoms with Crippen LogP contribution in [0.5, 0.6) is 5.75 Å². The van der Waals surface area contributed by atoms with Crippen molar-refractivity contribution < 1.29 is 14.3 Å². The lowest BCUT2D eigenvalue weighted by Crippen LogP contribution is -2.33. The number of carbonyl (C=O) groups is 2. The smallest absolute Gasteiger partial charge is 0.268 e. The average molecular weight is 450 g/mol. The Bertz CT molecular complexity index is 1130. The summed E-state index contributed by atoms with van der Waals surface area (Å²) in [7, 11) is 1.62. The molecule has 1 heterocycles. The van der Waals surface area contributed by atoms with Crippen molar-refractivity contribution >= 4 is 40.8 Å². The highest BCUT2D eigenvalue weighted by Crippen LogP contribution is 2.39. The van der Waals surface area contributed by atoms with Gasteiger partial charge in [0, 0.05) is 16.5 Å². The normalized spacial score (nSPS) is 13.8. The molecule has 0 aromatic heterocycles. The highest BCUT2D eigenvalue weighted by molar-refractivity contribution is 8.04. The molecule has 31 heavy (non-hydrogen) atoms. The molecule has 0 saturated carbocycles. The predicted octanol–water partition coefficient (Wildman–Crippen LogP) is 5.46. The molecule has 3 aromatic rings. The molecule has 0 spiro atoms. The molecule has 6 heteroatoms. The van der Waals surface area contributed by atoms with Gasteiger partial charge in [-0.15, -0.1) is 0 Å². The summed E-state index contributed by atoms with van der Waals surface area (Å²) in [5.74, 6) is 0.241. The second-order valence-electron chi connectivity index (χ2n) is 6.99. The highest BCUT2D eigenvalue weighted by Gasteiger charge is 2.39. The molecule has 0 N–H and O–H groups in total. The summed E-state index contributed by atoms with van der Waals surface area (Å²) in [6, 6.07) is 24.2. The van der Waals surface area contributed by atoms with Gasteiger partial charge in [0.05, 0.1) is 17.6 Å². The fraction of sp³-hybridized carbons (Fsp3) is 0.120. The molecule has 1 aliphatic heterocycles. The quantitative estimate of drug-likeness (QED) is 0.449. The molecule has 156 valence electrons. The van der Waals surface area contributed by atoms with E-state index in [0.717, 1.165) is 21.8 Å². The zero-order chi connectivity index (χ0) is 21.8. The number of hydrogen-bond donors (Lipinski definition) is 0. The molecule has 2 amide bonds. The fourth-order valence-corrected chi connectivity index (χ4v) is 4.50. The first-order valence-corrected chi connectivity index (χ1v) is 11.0.